The molecule has 3 aromatic rings. The van der Waals surface area contributed by atoms with E-state index in [2.05, 4.69) is 16.0 Å². The van der Waals surface area contributed by atoms with Crippen LogP contribution in [-0.2, 0) is 48.0 Å². The number of carbonyl (C=O) groups is 6. The molecule has 3 aliphatic rings. The van der Waals surface area contributed by atoms with Gasteiger partial charge in [0, 0.05) is 40.4 Å². The van der Waals surface area contributed by atoms with Gasteiger partial charge in [0.05, 0.1) is 7.11 Å². The van der Waals surface area contributed by atoms with Gasteiger partial charge in [-0.15, -0.1) is 0 Å². The first-order chi connectivity index (χ1) is 27.1. The molecule has 1 saturated heterocycles. The van der Waals surface area contributed by atoms with Crippen molar-refractivity contribution < 1.29 is 38.2 Å². The van der Waals surface area contributed by atoms with Crippen LogP contribution in [0.4, 0.5) is 0 Å². The number of fused-ring (bicyclic) bond motifs is 2. The highest BCUT2D eigenvalue weighted by atomic mass is 16.5. The predicted molar refractivity (Wildman–Crippen MR) is 214 cm³/mol. The van der Waals surface area contributed by atoms with Gasteiger partial charge in [0.2, 0.25) is 35.4 Å². The van der Waals surface area contributed by atoms with Gasteiger partial charge in [0.15, 0.2) is 11.5 Å². The van der Waals surface area contributed by atoms with Crippen LogP contribution in [0.25, 0.3) is 6.08 Å². The van der Waals surface area contributed by atoms with Crippen LogP contribution in [0.5, 0.6) is 17.2 Å². The second kappa shape index (κ2) is 18.2. The van der Waals surface area contributed by atoms with Gasteiger partial charge < -0.3 is 40.1 Å². The Morgan fingerprint density at radius 1 is 0.667 bits per heavy atom. The number of nitrogens with zero attached hydrogens (tertiary/aromatic N) is 3. The summed E-state index contributed by atoms with van der Waals surface area (Å²) in [5.74, 6) is -2.16. The summed E-state index contributed by atoms with van der Waals surface area (Å²) in [6.45, 7) is 6.40. The minimum atomic E-state index is -1.15. The maximum Gasteiger partial charge on any atom is 0.246 e. The van der Waals surface area contributed by atoms with Crippen molar-refractivity contribution in [1.29, 1.82) is 0 Å². The fraction of sp³-hybridized carbons (Fsp3) is 0.395. The maximum atomic E-state index is 14.7. The van der Waals surface area contributed by atoms with Crippen LogP contribution < -0.4 is 25.4 Å². The van der Waals surface area contributed by atoms with Gasteiger partial charge in [-0.05, 0) is 74.2 Å². The molecule has 6 rings (SSSR count). The lowest BCUT2D eigenvalue weighted by Crippen LogP contribution is -2.61. The molecule has 3 aliphatic heterocycles. The Kier molecular flexibility index (Phi) is 13.4. The van der Waals surface area contributed by atoms with Gasteiger partial charge in [-0.25, -0.2) is 0 Å². The molecule has 3 heterocycles. The largest absolute Gasteiger partial charge is 0.493 e. The SMILES string of the molecule is C/C=C/c1ccc(C[C@H]2C(=O)N[C@@H](C)C(=O)N(C)[C@H]3Cc4ccc(cc4)Oc4cc(ccc4OC)C[C@@H](C(=O)N[C@H](C)C(=O)N[C@@H](C)C(=O)N2C)N(C)C3=O)cc1. The van der Waals surface area contributed by atoms with Gasteiger partial charge in [-0.3, -0.25) is 28.8 Å². The van der Waals surface area contributed by atoms with E-state index in [1.807, 2.05) is 43.3 Å². The monoisotopic (exact) mass is 780 g/mol. The van der Waals surface area contributed by atoms with Crippen LogP contribution in [-0.4, -0.2) is 115 Å². The van der Waals surface area contributed by atoms with Crippen molar-refractivity contribution in [2.24, 2.45) is 0 Å². The first-order valence-electron chi connectivity index (χ1n) is 19.0. The molecule has 14 nitrogen and oxygen atoms in total. The molecule has 302 valence electrons. The van der Waals surface area contributed by atoms with Crippen molar-refractivity contribution in [3.05, 3.63) is 95.1 Å². The number of ether oxygens (including phenoxy) is 2. The first-order valence-corrected chi connectivity index (χ1v) is 19.0. The molecule has 0 aliphatic carbocycles. The smallest absolute Gasteiger partial charge is 0.246 e. The highest BCUT2D eigenvalue weighted by Crippen LogP contribution is 2.34. The van der Waals surface area contributed by atoms with E-state index in [1.54, 1.807) is 42.5 Å². The summed E-state index contributed by atoms with van der Waals surface area (Å²) >= 11 is 0. The van der Waals surface area contributed by atoms with Gasteiger partial charge in [-0.1, -0.05) is 54.6 Å². The van der Waals surface area contributed by atoms with Gasteiger partial charge in [0.1, 0.15) is 42.0 Å². The summed E-state index contributed by atoms with van der Waals surface area (Å²) < 4.78 is 11.7. The molecule has 6 atom stereocenters. The number of rotatable bonds is 4. The molecule has 6 amide bonds. The Morgan fingerprint density at radius 3 is 1.86 bits per heavy atom. The summed E-state index contributed by atoms with van der Waals surface area (Å²) in [6.07, 6.45) is 4.03. The summed E-state index contributed by atoms with van der Waals surface area (Å²) in [5.41, 5.74) is 3.05. The Balaban J connectivity index is 1.57. The van der Waals surface area contributed by atoms with Gasteiger partial charge in [-0.2, -0.15) is 0 Å². The topological polar surface area (TPSA) is 167 Å². The minimum Gasteiger partial charge on any atom is -0.493 e. The molecular weight excluding hydrogens is 729 g/mol. The van der Waals surface area contributed by atoms with E-state index in [0.717, 1.165) is 11.1 Å². The number of likely N-dealkylation sites (N-methyl/N-ethyl adjacent to an activating group) is 3. The molecule has 0 aromatic heterocycles. The van der Waals surface area contributed by atoms with Crippen LogP contribution in [0.2, 0.25) is 0 Å². The molecular formula is C43H52N6O8. The number of methoxy groups -OCH3 is 1. The zero-order chi connectivity index (χ0) is 41.6. The van der Waals surface area contributed by atoms with Crippen LogP contribution >= 0.6 is 0 Å². The van der Waals surface area contributed by atoms with E-state index in [1.165, 1.54) is 63.7 Å². The summed E-state index contributed by atoms with van der Waals surface area (Å²) in [7, 11) is 5.95. The molecule has 6 bridgehead atoms. The Bertz CT molecular complexity index is 2020. The van der Waals surface area contributed by atoms with E-state index >= 15 is 0 Å². The zero-order valence-electron chi connectivity index (χ0n) is 33.7. The molecule has 0 spiro atoms. The molecule has 57 heavy (non-hydrogen) atoms. The van der Waals surface area contributed by atoms with Crippen molar-refractivity contribution in [3.63, 3.8) is 0 Å². The van der Waals surface area contributed by atoms with Crippen LogP contribution in [0, 0.1) is 0 Å². The number of carbonyl (C=O) groups excluding carboxylic acids is 6. The molecule has 0 saturated carbocycles. The van der Waals surface area contributed by atoms with E-state index < -0.39 is 71.7 Å². The normalized spacial score (nSPS) is 24.3. The van der Waals surface area contributed by atoms with E-state index in [0.29, 0.717) is 28.4 Å². The van der Waals surface area contributed by atoms with Gasteiger partial charge in [0.25, 0.3) is 0 Å². The molecule has 3 aromatic carbocycles. The molecule has 3 N–H and O–H groups in total. The minimum absolute atomic E-state index is 0.0102. The second-order valence-corrected chi connectivity index (χ2v) is 14.7. The number of hydrogen-bond donors (Lipinski definition) is 3. The predicted octanol–water partition coefficient (Wildman–Crippen LogP) is 2.87. The van der Waals surface area contributed by atoms with Crippen LogP contribution in [0.1, 0.15) is 49.9 Å². The van der Waals surface area contributed by atoms with Crippen LogP contribution in [0.15, 0.2) is 72.8 Å². The number of amides is 6. The van der Waals surface area contributed by atoms with Crippen LogP contribution in [0.3, 0.4) is 0 Å². The highest BCUT2D eigenvalue weighted by molar-refractivity contribution is 5.98. The molecule has 0 unspecified atom stereocenters. The third-order valence-electron chi connectivity index (χ3n) is 10.6. The average molecular weight is 781 g/mol. The quantitative estimate of drug-likeness (QED) is 0.364. The average Bonchev–Trinajstić information content (AvgIpc) is 3.19. The van der Waals surface area contributed by atoms with Crippen molar-refractivity contribution in [2.75, 3.05) is 28.3 Å². The first kappa shape index (κ1) is 42.0. The lowest BCUT2D eigenvalue weighted by Gasteiger charge is -2.36. The maximum absolute atomic E-state index is 14.7. The summed E-state index contributed by atoms with van der Waals surface area (Å²) in [4.78, 5) is 88.4. The number of hydrogen-bond acceptors (Lipinski definition) is 8. The number of benzene rings is 3. The van der Waals surface area contributed by atoms with E-state index in [4.69, 9.17) is 9.47 Å². The Labute approximate surface area is 333 Å². The molecule has 1 fully saturated rings. The van der Waals surface area contributed by atoms with Crippen molar-refractivity contribution >= 4 is 41.5 Å². The molecule has 14 heteroatoms. The standard InChI is InChI=1S/C43H52N6O8/c1-9-10-28-11-13-29(14-12-28)21-33-40(52)46-27(4)42(54)49(7)35-22-30-15-18-32(19-16-30)57-37-24-31(17-20-36(37)56-8)23-34(48(6)43(35)55)39(51)44-25(2)38(50)45-26(3)41(53)47(33)5/h9-20,24-27,33-35H,21-23H2,1-8H3,(H,44,51)(H,45,50)(H,46,52)/b10-9+/t25-,26+,27+,33+,34+,35+/m1/s1. The van der Waals surface area contributed by atoms with E-state index in [9.17, 15) is 28.8 Å². The third-order valence-corrected chi connectivity index (χ3v) is 10.6. The Hall–Kier alpha value is -6.18. The summed E-state index contributed by atoms with van der Waals surface area (Å²) in [6, 6.07) is 13.1. The third kappa shape index (κ3) is 9.80. The summed E-state index contributed by atoms with van der Waals surface area (Å²) in [5, 5.41) is 8.19. The van der Waals surface area contributed by atoms with E-state index in [-0.39, 0.29) is 19.3 Å². The lowest BCUT2D eigenvalue weighted by atomic mass is 9.98. The Morgan fingerprint density at radius 2 is 1.23 bits per heavy atom. The van der Waals surface area contributed by atoms with Crippen molar-refractivity contribution in [2.45, 2.75) is 83.2 Å². The fourth-order valence-corrected chi connectivity index (χ4v) is 7.03. The van der Waals surface area contributed by atoms with Crippen molar-refractivity contribution in [1.82, 2.24) is 30.7 Å². The molecule has 0 radical (unpaired) electrons. The van der Waals surface area contributed by atoms with Gasteiger partial charge >= 0.3 is 0 Å². The fourth-order valence-electron chi connectivity index (χ4n) is 7.03. The number of allylic oxidation sites excluding steroid dienone is 1. The lowest BCUT2D eigenvalue weighted by molar-refractivity contribution is -0.149. The zero-order valence-corrected chi connectivity index (χ0v) is 33.7. The van der Waals surface area contributed by atoms with Crippen molar-refractivity contribution in [3.8, 4) is 17.2 Å². The number of nitrogens with one attached hydrogen (secondary N) is 3. The highest BCUT2D eigenvalue weighted by Gasteiger charge is 2.39. The second-order valence-electron chi connectivity index (χ2n) is 14.7.